The monoisotopic (exact) mass is 731 g/mol. The molecule has 1 saturated heterocycles. The summed E-state index contributed by atoms with van der Waals surface area (Å²) in [6.45, 7) is 10.9. The van der Waals surface area contributed by atoms with Crippen molar-refractivity contribution in [3.05, 3.63) is 89.4 Å². The molecule has 5 aromatic rings. The smallest absolute Gasteiger partial charge is 0.394 e. The van der Waals surface area contributed by atoms with Crippen molar-refractivity contribution in [1.29, 1.82) is 0 Å². The number of phenols is 1. The van der Waals surface area contributed by atoms with E-state index >= 15 is 0 Å². The molecular formula is C39H40ClF2N5O3S. The number of aromatic nitrogens is 1. The van der Waals surface area contributed by atoms with Crippen molar-refractivity contribution in [1.82, 2.24) is 9.88 Å². The zero-order valence-electron chi connectivity index (χ0n) is 28.9. The van der Waals surface area contributed by atoms with E-state index in [4.69, 9.17) is 16.6 Å². The highest BCUT2D eigenvalue weighted by atomic mass is 35.5. The Morgan fingerprint density at radius 3 is 2.39 bits per heavy atom. The second kappa shape index (κ2) is 13.3. The van der Waals surface area contributed by atoms with Gasteiger partial charge in [-0.05, 0) is 97.6 Å². The molecule has 0 radical (unpaired) electrons. The minimum absolute atomic E-state index is 0.0159. The van der Waals surface area contributed by atoms with Crippen LogP contribution in [0.3, 0.4) is 0 Å². The van der Waals surface area contributed by atoms with E-state index in [0.717, 1.165) is 64.5 Å². The lowest BCUT2D eigenvalue weighted by molar-refractivity contribution is -0.158. The summed E-state index contributed by atoms with van der Waals surface area (Å²) in [5.74, 6) is 0.138. The Balaban J connectivity index is 1.24. The summed E-state index contributed by atoms with van der Waals surface area (Å²) in [6.07, 6.45) is -1.55. The quantitative estimate of drug-likeness (QED) is 0.154. The van der Waals surface area contributed by atoms with Gasteiger partial charge in [0, 0.05) is 36.7 Å². The summed E-state index contributed by atoms with van der Waals surface area (Å²) >= 11 is 8.15. The van der Waals surface area contributed by atoms with E-state index in [1.54, 1.807) is 17.4 Å². The molecule has 12 heteroatoms. The van der Waals surface area contributed by atoms with Crippen LogP contribution in [0, 0.1) is 5.41 Å². The van der Waals surface area contributed by atoms with Crippen LogP contribution < -0.4 is 20.3 Å². The predicted octanol–water partition coefficient (Wildman–Crippen LogP) is 10.5. The number of carbonyl (C=O) groups excluding carboxylic acids is 1. The van der Waals surface area contributed by atoms with Crippen LogP contribution in [-0.2, 0) is 5.41 Å². The van der Waals surface area contributed by atoms with Gasteiger partial charge in [-0.2, -0.15) is 8.78 Å². The number of nitrogens with one attached hydrogen (secondary N) is 2. The standard InChI is InChI=1S/C39H40ClF2N5O3S/c1-37(2,3)22-46-20-18-39(19-21-46)23-47(33-31(48)17-16-26(32(33)39)35-44-29-10-7-8-27(40)34(29)51-35)30-11-6-5-9-28(30)45-36(49)43-24-12-14-25(15-13-24)50-38(4,41)42/h5-17,48H,18-23H2,1-4H3,(H2,43,45,49). The molecule has 0 aliphatic carbocycles. The number of piperidine rings is 1. The molecule has 7 rings (SSSR count). The number of anilines is 4. The van der Waals surface area contributed by atoms with Gasteiger partial charge >= 0.3 is 12.1 Å². The third-order valence-electron chi connectivity index (χ3n) is 9.38. The van der Waals surface area contributed by atoms with E-state index in [0.29, 0.717) is 35.6 Å². The molecule has 0 unspecified atom stereocenters. The topological polar surface area (TPSA) is 90.0 Å². The molecule has 0 saturated carbocycles. The summed E-state index contributed by atoms with van der Waals surface area (Å²) in [7, 11) is 0. The number of thiazole rings is 1. The van der Waals surface area contributed by atoms with E-state index in [1.165, 1.54) is 24.3 Å². The fraction of sp³-hybridized carbons (Fsp3) is 0.333. The number of carbonyl (C=O) groups is 1. The number of rotatable bonds is 7. The molecule has 1 fully saturated rings. The lowest BCUT2D eigenvalue weighted by atomic mass is 9.72. The molecule has 0 bridgehead atoms. The Bertz CT molecular complexity index is 2090. The van der Waals surface area contributed by atoms with E-state index in [9.17, 15) is 18.7 Å². The van der Waals surface area contributed by atoms with Crippen molar-refractivity contribution >= 4 is 61.9 Å². The first-order valence-corrected chi connectivity index (χ1v) is 18.1. The molecule has 2 aliphatic heterocycles. The van der Waals surface area contributed by atoms with Crippen molar-refractivity contribution in [2.24, 2.45) is 5.41 Å². The molecule has 1 spiro atoms. The summed E-state index contributed by atoms with van der Waals surface area (Å²) in [5.41, 5.74) is 5.13. The molecule has 8 nitrogen and oxygen atoms in total. The van der Waals surface area contributed by atoms with Crippen molar-refractivity contribution in [2.45, 2.75) is 52.1 Å². The minimum Gasteiger partial charge on any atom is -0.506 e. The molecule has 51 heavy (non-hydrogen) atoms. The van der Waals surface area contributed by atoms with Gasteiger partial charge in [0.15, 0.2) is 0 Å². The number of halogens is 3. The van der Waals surface area contributed by atoms with Gasteiger partial charge in [0.25, 0.3) is 0 Å². The molecule has 266 valence electrons. The van der Waals surface area contributed by atoms with Gasteiger partial charge in [0.05, 0.1) is 32.3 Å². The van der Waals surface area contributed by atoms with Crippen LogP contribution in [0.25, 0.3) is 20.8 Å². The Labute approximate surface area is 305 Å². The van der Waals surface area contributed by atoms with Gasteiger partial charge in [-0.3, -0.25) is 0 Å². The Morgan fingerprint density at radius 2 is 1.71 bits per heavy atom. The van der Waals surface area contributed by atoms with Crippen molar-refractivity contribution < 1.29 is 23.4 Å². The van der Waals surface area contributed by atoms with Crippen LogP contribution in [0.5, 0.6) is 11.5 Å². The highest BCUT2D eigenvalue weighted by molar-refractivity contribution is 7.22. The zero-order chi connectivity index (χ0) is 36.1. The number of aromatic hydroxyl groups is 1. The van der Waals surface area contributed by atoms with Crippen LogP contribution in [-0.4, -0.2) is 53.3 Å². The average molecular weight is 732 g/mol. The molecule has 4 aromatic carbocycles. The van der Waals surface area contributed by atoms with E-state index in [2.05, 4.69) is 45.9 Å². The van der Waals surface area contributed by atoms with Gasteiger partial charge in [-0.1, -0.05) is 50.6 Å². The number of hydrogen-bond acceptors (Lipinski definition) is 7. The average Bonchev–Trinajstić information content (AvgIpc) is 3.64. The minimum atomic E-state index is -3.32. The fourth-order valence-corrected chi connectivity index (χ4v) is 8.68. The summed E-state index contributed by atoms with van der Waals surface area (Å²) < 4.78 is 32.1. The van der Waals surface area contributed by atoms with Crippen LogP contribution in [0.2, 0.25) is 5.02 Å². The van der Waals surface area contributed by atoms with Crippen molar-refractivity contribution in [3.63, 3.8) is 0 Å². The Hall–Kier alpha value is -4.45. The third-order valence-corrected chi connectivity index (χ3v) is 10.9. The van der Waals surface area contributed by atoms with Gasteiger partial charge in [0.1, 0.15) is 16.5 Å². The van der Waals surface area contributed by atoms with Crippen LogP contribution in [0.4, 0.5) is 36.3 Å². The first-order valence-electron chi connectivity index (χ1n) is 16.9. The lowest BCUT2D eigenvalue weighted by Crippen LogP contribution is -2.47. The van der Waals surface area contributed by atoms with Crippen molar-refractivity contribution in [3.8, 4) is 22.1 Å². The Kier molecular flexibility index (Phi) is 9.10. The number of benzene rings is 4. The molecule has 3 N–H and O–H groups in total. The van der Waals surface area contributed by atoms with Crippen LogP contribution in [0.15, 0.2) is 78.9 Å². The number of urea groups is 1. The normalized spacial score (nSPS) is 16.0. The van der Waals surface area contributed by atoms with E-state index in [-0.39, 0.29) is 22.3 Å². The summed E-state index contributed by atoms with van der Waals surface area (Å²) in [5, 5.41) is 18.9. The van der Waals surface area contributed by atoms with Gasteiger partial charge in [-0.15, -0.1) is 11.3 Å². The third kappa shape index (κ3) is 7.33. The van der Waals surface area contributed by atoms with Gasteiger partial charge in [0.2, 0.25) is 0 Å². The zero-order valence-corrected chi connectivity index (χ0v) is 30.5. The number of likely N-dealkylation sites (tertiary alicyclic amines) is 1. The highest BCUT2D eigenvalue weighted by Crippen LogP contribution is 2.57. The maximum atomic E-state index is 13.3. The maximum Gasteiger partial charge on any atom is 0.394 e. The lowest BCUT2D eigenvalue weighted by Gasteiger charge is -2.42. The fourth-order valence-electron chi connectivity index (χ4n) is 7.40. The van der Waals surface area contributed by atoms with E-state index in [1.807, 2.05) is 48.5 Å². The molecule has 2 amide bonds. The predicted molar refractivity (Wildman–Crippen MR) is 202 cm³/mol. The molecular weight excluding hydrogens is 692 g/mol. The number of ether oxygens (including phenoxy) is 1. The van der Waals surface area contributed by atoms with Crippen LogP contribution >= 0.6 is 22.9 Å². The summed E-state index contributed by atoms with van der Waals surface area (Å²) in [4.78, 5) is 23.0. The largest absolute Gasteiger partial charge is 0.506 e. The van der Waals surface area contributed by atoms with E-state index < -0.39 is 12.1 Å². The number of hydrogen-bond donors (Lipinski definition) is 3. The van der Waals surface area contributed by atoms with Gasteiger partial charge < -0.3 is 30.3 Å². The second-order valence-corrected chi connectivity index (χ2v) is 16.1. The molecule has 3 heterocycles. The summed E-state index contributed by atoms with van der Waals surface area (Å²) in [6, 6.07) is 22.2. The Morgan fingerprint density at radius 1 is 0.980 bits per heavy atom. The first-order chi connectivity index (χ1) is 24.2. The van der Waals surface area contributed by atoms with Crippen molar-refractivity contribution in [2.75, 3.05) is 41.7 Å². The number of amides is 2. The number of nitrogens with zero attached hydrogens (tertiary/aromatic N) is 3. The SMILES string of the molecule is CC(C)(C)CN1CCC2(CC1)CN(c1ccccc1NC(=O)Nc1ccc(OC(C)(F)F)cc1)c1c(O)ccc(-c3nc4cccc(Cl)c4s3)c12. The number of fused-ring (bicyclic) bond motifs is 3. The highest BCUT2D eigenvalue weighted by Gasteiger charge is 2.49. The molecule has 0 atom stereocenters. The number of phenolic OH excluding ortho intramolecular Hbond substituents is 1. The number of alkyl halides is 2. The maximum absolute atomic E-state index is 13.3. The number of para-hydroxylation sites is 2. The molecule has 2 aliphatic rings. The van der Waals surface area contributed by atoms with Gasteiger partial charge in [-0.25, -0.2) is 9.78 Å². The second-order valence-electron chi connectivity index (χ2n) is 14.7. The first kappa shape index (κ1) is 35.0. The van der Waals surface area contributed by atoms with Crippen LogP contribution in [0.1, 0.15) is 46.1 Å². The molecule has 1 aromatic heterocycles.